The fraction of sp³-hybridized carbons (Fsp3) is 0.526. The van der Waals surface area contributed by atoms with Crippen molar-refractivity contribution in [2.75, 3.05) is 13.2 Å². The van der Waals surface area contributed by atoms with Gasteiger partial charge in [0.15, 0.2) is 0 Å². The lowest BCUT2D eigenvalue weighted by Crippen LogP contribution is -2.49. The maximum absolute atomic E-state index is 12.5. The van der Waals surface area contributed by atoms with E-state index in [9.17, 15) is 14.4 Å². The van der Waals surface area contributed by atoms with Gasteiger partial charge in [0.2, 0.25) is 11.8 Å². The van der Waals surface area contributed by atoms with Gasteiger partial charge in [0.1, 0.15) is 12.6 Å². The highest BCUT2D eigenvalue weighted by Gasteiger charge is 2.25. The molecular weight excluding hydrogens is 320 g/mol. The third-order valence-corrected chi connectivity index (χ3v) is 3.75. The fourth-order valence-corrected chi connectivity index (χ4v) is 2.39. The Balaban J connectivity index is 2.69. The molecule has 2 N–H and O–H groups in total. The molecule has 0 aromatic heterocycles. The van der Waals surface area contributed by atoms with Crippen LogP contribution >= 0.6 is 0 Å². The summed E-state index contributed by atoms with van der Waals surface area (Å²) in [6.07, 6.45) is 0.488. The third kappa shape index (κ3) is 7.37. The van der Waals surface area contributed by atoms with E-state index < -0.39 is 12.0 Å². The lowest BCUT2D eigenvalue weighted by molar-refractivity contribution is -0.143. The monoisotopic (exact) mass is 348 g/mol. The van der Waals surface area contributed by atoms with Crippen LogP contribution in [0.5, 0.6) is 0 Å². The Hall–Kier alpha value is -2.37. The first-order valence-corrected chi connectivity index (χ1v) is 8.63. The van der Waals surface area contributed by atoms with Gasteiger partial charge >= 0.3 is 5.97 Å². The largest absolute Gasteiger partial charge is 0.465 e. The lowest BCUT2D eigenvalue weighted by Gasteiger charge is -2.22. The summed E-state index contributed by atoms with van der Waals surface area (Å²) in [5.41, 5.74) is 0.884. The van der Waals surface area contributed by atoms with Gasteiger partial charge in [0, 0.05) is 0 Å². The van der Waals surface area contributed by atoms with Crippen LogP contribution in [0.15, 0.2) is 30.3 Å². The van der Waals surface area contributed by atoms with Gasteiger partial charge in [-0.1, -0.05) is 44.2 Å². The first-order valence-electron chi connectivity index (χ1n) is 8.63. The fourth-order valence-electron chi connectivity index (χ4n) is 2.39. The third-order valence-electron chi connectivity index (χ3n) is 3.75. The average Bonchev–Trinajstić information content (AvgIpc) is 2.59. The van der Waals surface area contributed by atoms with E-state index in [1.165, 1.54) is 0 Å². The molecule has 0 saturated carbocycles. The number of amides is 2. The molecule has 6 nitrogen and oxygen atoms in total. The summed E-state index contributed by atoms with van der Waals surface area (Å²) in [7, 11) is 0. The summed E-state index contributed by atoms with van der Waals surface area (Å²) >= 11 is 0. The summed E-state index contributed by atoms with van der Waals surface area (Å²) < 4.78 is 4.79. The Morgan fingerprint density at radius 3 is 2.24 bits per heavy atom. The van der Waals surface area contributed by atoms with Gasteiger partial charge in [-0.05, 0) is 31.7 Å². The molecule has 0 aliphatic heterocycles. The van der Waals surface area contributed by atoms with Gasteiger partial charge < -0.3 is 15.4 Å². The van der Waals surface area contributed by atoms with Crippen LogP contribution in [0.2, 0.25) is 0 Å². The second-order valence-electron chi connectivity index (χ2n) is 6.35. The van der Waals surface area contributed by atoms with E-state index >= 15 is 0 Å². The highest BCUT2D eigenvalue weighted by Crippen LogP contribution is 2.15. The number of hydrogen-bond acceptors (Lipinski definition) is 4. The second-order valence-corrected chi connectivity index (χ2v) is 6.35. The minimum absolute atomic E-state index is 0.203. The Morgan fingerprint density at radius 2 is 1.68 bits per heavy atom. The van der Waals surface area contributed by atoms with E-state index in [1.807, 2.05) is 44.2 Å². The van der Waals surface area contributed by atoms with Gasteiger partial charge in [0.25, 0.3) is 0 Å². The van der Waals surface area contributed by atoms with Crippen molar-refractivity contribution in [2.24, 2.45) is 5.92 Å². The molecule has 2 atom stereocenters. The van der Waals surface area contributed by atoms with E-state index in [0.717, 1.165) is 5.56 Å². The van der Waals surface area contributed by atoms with Crippen LogP contribution in [0.4, 0.5) is 0 Å². The van der Waals surface area contributed by atoms with Crippen molar-refractivity contribution < 1.29 is 19.1 Å². The van der Waals surface area contributed by atoms with Crippen molar-refractivity contribution in [3.05, 3.63) is 35.9 Å². The van der Waals surface area contributed by atoms with Crippen molar-refractivity contribution in [3.63, 3.8) is 0 Å². The van der Waals surface area contributed by atoms with Crippen molar-refractivity contribution in [3.8, 4) is 0 Å². The van der Waals surface area contributed by atoms with E-state index in [-0.39, 0.29) is 36.8 Å². The van der Waals surface area contributed by atoms with Crippen LogP contribution in [-0.4, -0.2) is 37.0 Å². The Kier molecular flexibility index (Phi) is 8.67. The summed E-state index contributed by atoms with van der Waals surface area (Å²) in [6, 6.07) is 8.70. The number of rotatable bonds is 9. The smallest absolute Gasteiger partial charge is 0.325 e. The summed E-state index contributed by atoms with van der Waals surface area (Å²) in [5, 5.41) is 5.33. The summed E-state index contributed by atoms with van der Waals surface area (Å²) in [5.74, 6) is -1.25. The molecule has 1 unspecified atom stereocenters. The average molecular weight is 348 g/mol. The molecule has 2 amide bonds. The predicted octanol–water partition coefficient (Wildman–Crippen LogP) is 2.00. The minimum atomic E-state index is -0.687. The molecule has 0 bridgehead atoms. The maximum Gasteiger partial charge on any atom is 0.325 e. The van der Waals surface area contributed by atoms with E-state index in [0.29, 0.717) is 6.42 Å². The Bertz CT molecular complexity index is 572. The first-order chi connectivity index (χ1) is 11.8. The number of nitrogens with one attached hydrogen (secondary N) is 2. The van der Waals surface area contributed by atoms with E-state index in [2.05, 4.69) is 10.6 Å². The van der Waals surface area contributed by atoms with E-state index in [4.69, 9.17) is 4.74 Å². The van der Waals surface area contributed by atoms with Crippen LogP contribution in [-0.2, 0) is 19.1 Å². The topological polar surface area (TPSA) is 84.5 Å². The number of carbonyl (C=O) groups excluding carboxylic acids is 3. The molecule has 0 radical (unpaired) electrons. The summed E-state index contributed by atoms with van der Waals surface area (Å²) in [6.45, 7) is 7.50. The molecule has 0 saturated heterocycles. The molecular formula is C19H28N2O4. The lowest BCUT2D eigenvalue weighted by atomic mass is 9.98. The number of hydrogen-bond donors (Lipinski definition) is 2. The number of ether oxygens (including phenoxy) is 1. The van der Waals surface area contributed by atoms with Gasteiger partial charge in [-0.15, -0.1) is 0 Å². The van der Waals surface area contributed by atoms with Gasteiger partial charge in [-0.25, -0.2) is 0 Å². The molecule has 25 heavy (non-hydrogen) atoms. The van der Waals surface area contributed by atoms with Gasteiger partial charge in [-0.2, -0.15) is 0 Å². The SMILES string of the molecule is CCOC(=O)CNC(=O)C(CC(C)C)NC(=O)[C@H](C)c1ccccc1. The molecule has 0 spiro atoms. The normalized spacial score (nSPS) is 13.0. The molecule has 0 fully saturated rings. The number of benzene rings is 1. The standard InChI is InChI=1S/C19H28N2O4/c1-5-25-17(22)12-20-19(24)16(11-13(2)3)21-18(23)14(4)15-9-7-6-8-10-15/h6-10,13-14,16H,5,11-12H2,1-4H3,(H,20,24)(H,21,23)/t14-,16?/m1/s1. The van der Waals surface area contributed by atoms with Gasteiger partial charge in [-0.3, -0.25) is 14.4 Å². The number of esters is 1. The molecule has 0 heterocycles. The molecule has 0 aliphatic rings. The zero-order valence-electron chi connectivity index (χ0n) is 15.4. The minimum Gasteiger partial charge on any atom is -0.465 e. The van der Waals surface area contributed by atoms with Crippen molar-refractivity contribution >= 4 is 17.8 Å². The van der Waals surface area contributed by atoms with Crippen LogP contribution in [0, 0.1) is 5.92 Å². The second kappa shape index (κ2) is 10.5. The van der Waals surface area contributed by atoms with E-state index in [1.54, 1.807) is 13.8 Å². The quantitative estimate of drug-likeness (QED) is 0.669. The summed E-state index contributed by atoms with van der Waals surface area (Å²) in [4.78, 5) is 36.2. The van der Waals surface area contributed by atoms with Crippen molar-refractivity contribution in [1.82, 2.24) is 10.6 Å². The molecule has 6 heteroatoms. The van der Waals surface area contributed by atoms with Crippen LogP contribution in [0.25, 0.3) is 0 Å². The number of carbonyl (C=O) groups is 3. The first kappa shape index (κ1) is 20.7. The molecule has 1 aromatic carbocycles. The van der Waals surface area contributed by atoms with Crippen molar-refractivity contribution in [2.45, 2.75) is 46.1 Å². The zero-order chi connectivity index (χ0) is 18.8. The highest BCUT2D eigenvalue weighted by molar-refractivity contribution is 5.91. The Labute approximate surface area is 149 Å². The molecule has 0 aliphatic carbocycles. The molecule has 1 aromatic rings. The van der Waals surface area contributed by atoms with Crippen LogP contribution < -0.4 is 10.6 Å². The van der Waals surface area contributed by atoms with Crippen molar-refractivity contribution in [1.29, 1.82) is 0 Å². The highest BCUT2D eigenvalue weighted by atomic mass is 16.5. The maximum atomic E-state index is 12.5. The van der Waals surface area contributed by atoms with Crippen LogP contribution in [0.3, 0.4) is 0 Å². The zero-order valence-corrected chi connectivity index (χ0v) is 15.4. The predicted molar refractivity (Wildman–Crippen MR) is 95.9 cm³/mol. The molecule has 138 valence electrons. The molecule has 1 rings (SSSR count). The Morgan fingerprint density at radius 1 is 1.04 bits per heavy atom. The van der Waals surface area contributed by atoms with Crippen LogP contribution in [0.1, 0.15) is 45.6 Å². The van der Waals surface area contributed by atoms with Gasteiger partial charge in [0.05, 0.1) is 12.5 Å².